The highest BCUT2D eigenvalue weighted by Gasteiger charge is 2.27. The minimum absolute atomic E-state index is 0.0122. The molecular formula is C30H32F4O. The second-order valence-corrected chi connectivity index (χ2v) is 9.71. The van der Waals surface area contributed by atoms with Crippen molar-refractivity contribution in [3.8, 4) is 17.6 Å². The van der Waals surface area contributed by atoms with Gasteiger partial charge in [-0.25, -0.2) is 13.2 Å². The van der Waals surface area contributed by atoms with Crippen LogP contribution < -0.4 is 4.74 Å². The maximum absolute atomic E-state index is 14.8. The molecule has 0 heterocycles. The normalized spacial score (nSPS) is 24.4. The van der Waals surface area contributed by atoms with Gasteiger partial charge in [0.25, 0.3) is 0 Å². The predicted octanol–water partition coefficient (Wildman–Crippen LogP) is 8.43. The van der Waals surface area contributed by atoms with Crippen LogP contribution in [0.2, 0.25) is 0 Å². The van der Waals surface area contributed by atoms with Gasteiger partial charge in [0.15, 0.2) is 23.2 Å². The molecule has 2 aromatic carbocycles. The molecule has 5 heteroatoms. The van der Waals surface area contributed by atoms with Gasteiger partial charge in [-0.1, -0.05) is 30.0 Å². The molecule has 1 nitrogen and oxygen atoms in total. The molecule has 0 N–H and O–H groups in total. The fourth-order valence-corrected chi connectivity index (χ4v) is 5.50. The summed E-state index contributed by atoms with van der Waals surface area (Å²) in [5, 5.41) is 0. The highest BCUT2D eigenvalue weighted by atomic mass is 19.2. The Morgan fingerprint density at radius 3 is 1.97 bits per heavy atom. The van der Waals surface area contributed by atoms with Gasteiger partial charge in [-0.3, -0.25) is 0 Å². The lowest BCUT2D eigenvalue weighted by atomic mass is 9.78. The zero-order valence-corrected chi connectivity index (χ0v) is 20.2. The van der Waals surface area contributed by atoms with Crippen LogP contribution in [0.25, 0.3) is 0 Å². The van der Waals surface area contributed by atoms with Crippen molar-refractivity contribution in [2.24, 2.45) is 11.8 Å². The van der Waals surface area contributed by atoms with E-state index in [0.717, 1.165) is 25.7 Å². The van der Waals surface area contributed by atoms with Crippen molar-refractivity contribution in [3.05, 3.63) is 76.9 Å². The smallest absolute Gasteiger partial charge is 0.200 e. The Hall–Kier alpha value is -2.74. The topological polar surface area (TPSA) is 9.23 Å². The molecule has 0 atom stereocenters. The molecule has 2 aliphatic rings. The lowest BCUT2D eigenvalue weighted by molar-refractivity contribution is 0.310. The van der Waals surface area contributed by atoms with E-state index < -0.39 is 23.3 Å². The van der Waals surface area contributed by atoms with Gasteiger partial charge < -0.3 is 4.74 Å². The minimum Gasteiger partial charge on any atom is -0.491 e. The van der Waals surface area contributed by atoms with Crippen LogP contribution in [0.15, 0.2) is 36.9 Å². The molecule has 0 spiro atoms. The van der Waals surface area contributed by atoms with Crippen LogP contribution in [-0.2, 0) is 0 Å². The van der Waals surface area contributed by atoms with Crippen LogP contribution in [0.1, 0.15) is 86.8 Å². The largest absolute Gasteiger partial charge is 0.491 e. The molecule has 0 radical (unpaired) electrons. The molecular weight excluding hydrogens is 452 g/mol. The Kier molecular flexibility index (Phi) is 8.21. The lowest BCUT2D eigenvalue weighted by Crippen LogP contribution is -2.14. The second kappa shape index (κ2) is 11.3. The summed E-state index contributed by atoms with van der Waals surface area (Å²) in [7, 11) is 0. The standard InChI is InChI=1S/C30H32F4O/c1-3-19-5-10-21(11-6-19)24-16-15-23(27(31)28(24)32)14-9-20-7-12-22(13-8-20)25-17-18-26(35-4-2)30(34)29(25)33/h3,15-22H,1,4-8,10-13H2,2H3. The van der Waals surface area contributed by atoms with Crippen LogP contribution in [0.4, 0.5) is 17.6 Å². The number of ether oxygens (including phenoxy) is 1. The van der Waals surface area contributed by atoms with E-state index in [1.165, 1.54) is 6.07 Å². The van der Waals surface area contributed by atoms with Gasteiger partial charge in [-0.05, 0) is 99.3 Å². The molecule has 35 heavy (non-hydrogen) atoms. The summed E-state index contributed by atoms with van der Waals surface area (Å²) in [5.41, 5.74) is 0.886. The molecule has 0 unspecified atom stereocenters. The average Bonchev–Trinajstić information content (AvgIpc) is 2.88. The van der Waals surface area contributed by atoms with Crippen molar-refractivity contribution in [1.29, 1.82) is 0 Å². The van der Waals surface area contributed by atoms with Crippen LogP contribution in [0.3, 0.4) is 0 Å². The Morgan fingerprint density at radius 2 is 1.37 bits per heavy atom. The SMILES string of the molecule is C=CC1CCC(c2ccc(C#CC3CCC(c4ccc(OCC)c(F)c4F)CC3)c(F)c2F)CC1. The molecule has 186 valence electrons. The third kappa shape index (κ3) is 5.58. The summed E-state index contributed by atoms with van der Waals surface area (Å²) >= 11 is 0. The number of benzene rings is 2. The molecule has 2 aliphatic carbocycles. The Labute approximate surface area is 205 Å². The minimum atomic E-state index is -0.944. The van der Waals surface area contributed by atoms with E-state index in [9.17, 15) is 17.6 Å². The quantitative estimate of drug-likeness (QED) is 0.235. The lowest BCUT2D eigenvalue weighted by Gasteiger charge is -2.27. The van der Waals surface area contributed by atoms with E-state index in [4.69, 9.17) is 4.74 Å². The van der Waals surface area contributed by atoms with Crippen molar-refractivity contribution >= 4 is 0 Å². The van der Waals surface area contributed by atoms with Gasteiger partial charge in [0, 0.05) is 5.92 Å². The number of halogens is 4. The van der Waals surface area contributed by atoms with Crippen molar-refractivity contribution in [2.75, 3.05) is 6.61 Å². The van der Waals surface area contributed by atoms with Gasteiger partial charge in [-0.15, -0.1) is 6.58 Å². The van der Waals surface area contributed by atoms with E-state index in [1.807, 2.05) is 6.08 Å². The third-order valence-corrected chi connectivity index (χ3v) is 7.61. The van der Waals surface area contributed by atoms with Gasteiger partial charge in [0.05, 0.1) is 12.2 Å². The van der Waals surface area contributed by atoms with Gasteiger partial charge in [0.1, 0.15) is 0 Å². The van der Waals surface area contributed by atoms with E-state index in [1.54, 1.807) is 25.1 Å². The predicted molar refractivity (Wildman–Crippen MR) is 130 cm³/mol. The molecule has 2 fully saturated rings. The van der Waals surface area contributed by atoms with Crippen molar-refractivity contribution < 1.29 is 22.3 Å². The van der Waals surface area contributed by atoms with E-state index in [0.29, 0.717) is 42.7 Å². The zero-order chi connectivity index (χ0) is 24.9. The van der Waals surface area contributed by atoms with Crippen molar-refractivity contribution in [3.63, 3.8) is 0 Å². The van der Waals surface area contributed by atoms with E-state index in [-0.39, 0.29) is 35.7 Å². The number of rotatable bonds is 5. The molecule has 0 amide bonds. The zero-order valence-electron chi connectivity index (χ0n) is 20.2. The summed E-state index contributed by atoms with van der Waals surface area (Å²) in [6, 6.07) is 6.35. The van der Waals surface area contributed by atoms with Gasteiger partial charge in [-0.2, -0.15) is 4.39 Å². The molecule has 4 rings (SSSR count). The highest BCUT2D eigenvalue weighted by molar-refractivity contribution is 5.40. The van der Waals surface area contributed by atoms with E-state index in [2.05, 4.69) is 18.4 Å². The average molecular weight is 485 g/mol. The Balaban J connectivity index is 1.39. The summed E-state index contributed by atoms with van der Waals surface area (Å²) in [6.07, 6.45) is 8.23. The van der Waals surface area contributed by atoms with E-state index >= 15 is 0 Å². The molecule has 0 aromatic heterocycles. The fourth-order valence-electron chi connectivity index (χ4n) is 5.50. The van der Waals surface area contributed by atoms with Crippen LogP contribution in [0, 0.1) is 46.9 Å². The maximum atomic E-state index is 14.8. The highest BCUT2D eigenvalue weighted by Crippen LogP contribution is 2.39. The number of hydrogen-bond donors (Lipinski definition) is 0. The third-order valence-electron chi connectivity index (χ3n) is 7.61. The van der Waals surface area contributed by atoms with Gasteiger partial charge in [0.2, 0.25) is 5.82 Å². The molecule has 2 saturated carbocycles. The van der Waals surface area contributed by atoms with Crippen LogP contribution >= 0.6 is 0 Å². The first-order valence-electron chi connectivity index (χ1n) is 12.7. The summed E-state index contributed by atoms with van der Waals surface area (Å²) < 4.78 is 63.6. The first-order chi connectivity index (χ1) is 16.9. The van der Waals surface area contributed by atoms with Crippen molar-refractivity contribution in [1.82, 2.24) is 0 Å². The molecule has 0 aliphatic heterocycles. The second-order valence-electron chi connectivity index (χ2n) is 9.71. The first-order valence-corrected chi connectivity index (χ1v) is 12.7. The molecule has 2 aromatic rings. The molecule has 0 saturated heterocycles. The van der Waals surface area contributed by atoms with Gasteiger partial charge >= 0.3 is 0 Å². The summed E-state index contributed by atoms with van der Waals surface area (Å²) in [4.78, 5) is 0. The van der Waals surface area contributed by atoms with Crippen LogP contribution in [-0.4, -0.2) is 6.61 Å². The summed E-state index contributed by atoms with van der Waals surface area (Å²) in [5.74, 6) is 2.82. The molecule has 0 bridgehead atoms. The first kappa shape index (κ1) is 25.4. The number of hydrogen-bond acceptors (Lipinski definition) is 1. The monoisotopic (exact) mass is 484 g/mol. The summed E-state index contributed by atoms with van der Waals surface area (Å²) in [6.45, 7) is 5.82. The Morgan fingerprint density at radius 1 is 0.800 bits per heavy atom. The Bertz CT molecular complexity index is 1110. The van der Waals surface area contributed by atoms with Crippen LogP contribution in [0.5, 0.6) is 5.75 Å². The maximum Gasteiger partial charge on any atom is 0.200 e. The fraction of sp³-hybridized carbons (Fsp3) is 0.467. The number of allylic oxidation sites excluding steroid dienone is 1. The van der Waals surface area contributed by atoms with Crippen molar-refractivity contribution in [2.45, 2.75) is 70.1 Å².